The highest BCUT2D eigenvalue weighted by Gasteiger charge is 2.36. The molecule has 1 saturated heterocycles. The predicted octanol–water partition coefficient (Wildman–Crippen LogP) is 3.76. The predicted molar refractivity (Wildman–Crippen MR) is 110 cm³/mol. The molecule has 0 bridgehead atoms. The Morgan fingerprint density at radius 2 is 1.97 bits per heavy atom. The van der Waals surface area contributed by atoms with Crippen LogP contribution in [0.25, 0.3) is 0 Å². The largest absolute Gasteiger partial charge is 0.482 e. The third-order valence-electron chi connectivity index (χ3n) is 5.55. The summed E-state index contributed by atoms with van der Waals surface area (Å²) >= 11 is 0. The molecule has 4 rings (SSSR count). The maximum atomic E-state index is 13.2. The molecule has 2 aliphatic heterocycles. The van der Waals surface area contributed by atoms with Gasteiger partial charge >= 0.3 is 6.18 Å². The summed E-state index contributed by atoms with van der Waals surface area (Å²) in [6.45, 7) is 0.640. The number of hydrogen-bond acceptors (Lipinski definition) is 5. The highest BCUT2D eigenvalue weighted by Crippen LogP contribution is 2.37. The number of amides is 2. The van der Waals surface area contributed by atoms with E-state index in [0.29, 0.717) is 43.1 Å². The highest BCUT2D eigenvalue weighted by atomic mass is 19.4. The number of nitriles is 1. The smallest absolute Gasteiger partial charge is 0.417 e. The van der Waals surface area contributed by atoms with Crippen LogP contribution in [0.1, 0.15) is 24.0 Å². The molecule has 10 heteroatoms. The number of nitrogens with zero attached hydrogens (tertiary/aromatic N) is 2. The lowest BCUT2D eigenvalue weighted by atomic mass is 9.94. The van der Waals surface area contributed by atoms with Crippen molar-refractivity contribution < 1.29 is 27.5 Å². The van der Waals surface area contributed by atoms with Gasteiger partial charge < -0.3 is 20.3 Å². The van der Waals surface area contributed by atoms with Gasteiger partial charge in [0.05, 0.1) is 22.5 Å². The summed E-state index contributed by atoms with van der Waals surface area (Å²) in [4.78, 5) is 25.9. The van der Waals surface area contributed by atoms with Crippen molar-refractivity contribution in [2.75, 3.05) is 35.2 Å². The number of ether oxygens (including phenoxy) is 1. The lowest BCUT2D eigenvalue weighted by Crippen LogP contribution is -2.38. The van der Waals surface area contributed by atoms with Crippen molar-refractivity contribution in [3.8, 4) is 11.8 Å². The van der Waals surface area contributed by atoms with E-state index in [1.807, 2.05) is 0 Å². The average Bonchev–Trinajstić information content (AvgIpc) is 2.77. The van der Waals surface area contributed by atoms with E-state index >= 15 is 0 Å². The number of alkyl halides is 3. The molecular formula is C22H19F3N4O3. The zero-order valence-corrected chi connectivity index (χ0v) is 16.8. The molecule has 0 atom stereocenters. The van der Waals surface area contributed by atoms with Crippen molar-refractivity contribution in [3.63, 3.8) is 0 Å². The van der Waals surface area contributed by atoms with Crippen LogP contribution in [0.5, 0.6) is 5.75 Å². The number of rotatable bonds is 3. The second kappa shape index (κ2) is 8.42. The second-order valence-corrected chi connectivity index (χ2v) is 7.61. The van der Waals surface area contributed by atoms with Crippen LogP contribution in [-0.2, 0) is 15.8 Å². The van der Waals surface area contributed by atoms with Crippen molar-refractivity contribution in [2.45, 2.75) is 19.0 Å². The Hall–Kier alpha value is -3.74. The minimum atomic E-state index is -4.61. The maximum Gasteiger partial charge on any atom is 0.417 e. The van der Waals surface area contributed by atoms with E-state index in [1.54, 1.807) is 29.2 Å². The standard InChI is InChI=1S/C22H19F3N4O3/c23-22(24,25)16-2-1-3-18(15(16)11-26)29-8-6-13(7-9-29)21(31)27-14-4-5-19-17(10-14)28-20(30)12-32-19/h1-5,10,13H,6-9,12H2,(H,27,31)(H,28,30). The Morgan fingerprint density at radius 1 is 1.22 bits per heavy atom. The maximum absolute atomic E-state index is 13.2. The number of carbonyl (C=O) groups excluding carboxylic acids is 2. The van der Waals surface area contributed by atoms with E-state index in [4.69, 9.17) is 4.74 Å². The number of nitrogens with one attached hydrogen (secondary N) is 2. The Balaban J connectivity index is 1.41. The van der Waals surface area contributed by atoms with Gasteiger partial charge in [-0.2, -0.15) is 18.4 Å². The molecule has 166 valence electrons. The molecule has 7 nitrogen and oxygen atoms in total. The molecule has 0 radical (unpaired) electrons. The van der Waals surface area contributed by atoms with Crippen LogP contribution >= 0.6 is 0 Å². The molecule has 2 amide bonds. The Bertz CT molecular complexity index is 1100. The van der Waals surface area contributed by atoms with Crippen LogP contribution in [0.15, 0.2) is 36.4 Å². The van der Waals surface area contributed by atoms with Gasteiger partial charge in [-0.15, -0.1) is 0 Å². The molecule has 2 aliphatic rings. The lowest BCUT2D eigenvalue weighted by Gasteiger charge is -2.34. The van der Waals surface area contributed by atoms with Crippen LogP contribution in [-0.4, -0.2) is 31.5 Å². The number of carbonyl (C=O) groups is 2. The minimum absolute atomic E-state index is 0.0589. The fourth-order valence-electron chi connectivity index (χ4n) is 3.95. The van der Waals surface area contributed by atoms with Gasteiger partial charge in [-0.3, -0.25) is 9.59 Å². The van der Waals surface area contributed by atoms with Crippen molar-refractivity contribution in [1.29, 1.82) is 5.26 Å². The van der Waals surface area contributed by atoms with E-state index in [0.717, 1.165) is 6.07 Å². The number of anilines is 3. The van der Waals surface area contributed by atoms with Gasteiger partial charge in [0.15, 0.2) is 6.61 Å². The van der Waals surface area contributed by atoms with Gasteiger partial charge in [0.25, 0.3) is 5.91 Å². The number of hydrogen-bond donors (Lipinski definition) is 2. The summed E-state index contributed by atoms with van der Waals surface area (Å²) < 4.78 is 45.0. The summed E-state index contributed by atoms with van der Waals surface area (Å²) in [6.07, 6.45) is -3.76. The lowest BCUT2D eigenvalue weighted by molar-refractivity contribution is -0.137. The van der Waals surface area contributed by atoms with E-state index in [2.05, 4.69) is 10.6 Å². The van der Waals surface area contributed by atoms with Crippen LogP contribution in [0.2, 0.25) is 0 Å². The highest BCUT2D eigenvalue weighted by molar-refractivity contribution is 5.98. The van der Waals surface area contributed by atoms with E-state index in [9.17, 15) is 28.0 Å². The second-order valence-electron chi connectivity index (χ2n) is 7.61. The molecule has 2 aromatic rings. The molecule has 32 heavy (non-hydrogen) atoms. The summed E-state index contributed by atoms with van der Waals surface area (Å²) in [7, 11) is 0. The monoisotopic (exact) mass is 444 g/mol. The van der Waals surface area contributed by atoms with E-state index in [1.165, 1.54) is 12.1 Å². The SMILES string of the molecule is N#Cc1c(N2CCC(C(=O)Nc3ccc4c(c3)NC(=O)CO4)CC2)cccc1C(F)(F)F. The minimum Gasteiger partial charge on any atom is -0.482 e. The molecule has 2 N–H and O–H groups in total. The van der Waals surface area contributed by atoms with Gasteiger partial charge in [0.2, 0.25) is 5.91 Å². The Morgan fingerprint density at radius 3 is 2.66 bits per heavy atom. The first-order chi connectivity index (χ1) is 15.3. The van der Waals surface area contributed by atoms with Gasteiger partial charge in [-0.05, 0) is 43.2 Å². The normalized spacial score (nSPS) is 16.4. The third-order valence-corrected chi connectivity index (χ3v) is 5.55. The van der Waals surface area contributed by atoms with Gasteiger partial charge in [-0.25, -0.2) is 0 Å². The van der Waals surface area contributed by atoms with Gasteiger partial charge in [0, 0.05) is 24.7 Å². The molecule has 2 aromatic carbocycles. The molecule has 0 aromatic heterocycles. The number of halogens is 3. The fourth-order valence-corrected chi connectivity index (χ4v) is 3.95. The Labute approximate surface area is 181 Å². The van der Waals surface area contributed by atoms with Gasteiger partial charge in [-0.1, -0.05) is 6.07 Å². The molecular weight excluding hydrogens is 425 g/mol. The van der Waals surface area contributed by atoms with E-state index < -0.39 is 17.3 Å². The molecule has 1 fully saturated rings. The van der Waals surface area contributed by atoms with Crippen molar-refractivity contribution in [1.82, 2.24) is 0 Å². The molecule has 0 saturated carbocycles. The quantitative estimate of drug-likeness (QED) is 0.752. The third kappa shape index (κ3) is 4.32. The summed E-state index contributed by atoms with van der Waals surface area (Å²) in [5.74, 6) is -0.299. The van der Waals surface area contributed by atoms with Gasteiger partial charge in [0.1, 0.15) is 11.8 Å². The number of benzene rings is 2. The molecule has 0 unspecified atom stereocenters. The molecule has 0 spiro atoms. The van der Waals surface area contributed by atoms with E-state index in [-0.39, 0.29) is 30.0 Å². The van der Waals surface area contributed by atoms with Crippen molar-refractivity contribution >= 4 is 28.9 Å². The zero-order chi connectivity index (χ0) is 22.9. The van der Waals surface area contributed by atoms with Crippen molar-refractivity contribution in [2.24, 2.45) is 5.92 Å². The summed E-state index contributed by atoms with van der Waals surface area (Å²) in [5, 5.41) is 14.8. The van der Waals surface area contributed by atoms with Crippen LogP contribution in [0, 0.1) is 17.2 Å². The van der Waals surface area contributed by atoms with Crippen LogP contribution < -0.4 is 20.3 Å². The molecule has 2 heterocycles. The average molecular weight is 444 g/mol. The van der Waals surface area contributed by atoms with Crippen LogP contribution in [0.4, 0.5) is 30.2 Å². The Kier molecular flexibility index (Phi) is 5.65. The van der Waals surface area contributed by atoms with Crippen molar-refractivity contribution in [3.05, 3.63) is 47.5 Å². The number of fused-ring (bicyclic) bond motifs is 1. The topological polar surface area (TPSA) is 94.5 Å². The summed E-state index contributed by atoms with van der Waals surface area (Å²) in [5.41, 5.74) is -0.150. The molecule has 0 aliphatic carbocycles. The first-order valence-corrected chi connectivity index (χ1v) is 9.99. The zero-order valence-electron chi connectivity index (χ0n) is 16.8. The van der Waals surface area contributed by atoms with Crippen LogP contribution in [0.3, 0.4) is 0 Å². The first kappa shape index (κ1) is 21.5. The first-order valence-electron chi connectivity index (χ1n) is 9.99. The fraction of sp³-hybridized carbons (Fsp3) is 0.318. The summed E-state index contributed by atoms with van der Waals surface area (Å²) in [6, 6.07) is 10.3. The number of piperidine rings is 1.